The maximum Gasteiger partial charge on any atom is 0.335 e. The van der Waals surface area contributed by atoms with E-state index >= 15 is 0 Å². The van der Waals surface area contributed by atoms with Crippen molar-refractivity contribution in [2.45, 2.75) is 32.1 Å². The Bertz CT molecular complexity index is 1030. The number of piperidine rings is 1. The molecule has 0 aliphatic carbocycles. The molecule has 0 spiro atoms. The number of benzene rings is 2. The number of aromatic nitrogens is 1. The molecule has 5 heteroatoms. The van der Waals surface area contributed by atoms with Crippen LogP contribution >= 0.6 is 0 Å². The van der Waals surface area contributed by atoms with Crippen molar-refractivity contribution >= 4 is 16.9 Å². The van der Waals surface area contributed by atoms with Crippen LogP contribution in [0.25, 0.3) is 10.9 Å². The van der Waals surface area contributed by atoms with E-state index in [1.54, 1.807) is 6.07 Å². The van der Waals surface area contributed by atoms with Gasteiger partial charge < -0.3 is 15.2 Å². The predicted molar refractivity (Wildman–Crippen MR) is 118 cm³/mol. The lowest BCUT2D eigenvalue weighted by molar-refractivity contribution is 0.0696. The van der Waals surface area contributed by atoms with E-state index in [4.69, 9.17) is 4.74 Å². The Morgan fingerprint density at radius 3 is 2.77 bits per heavy atom. The van der Waals surface area contributed by atoms with Crippen molar-refractivity contribution in [3.63, 3.8) is 0 Å². The number of fused-ring (bicyclic) bond motifs is 1. The van der Waals surface area contributed by atoms with Crippen LogP contribution in [-0.4, -0.2) is 35.8 Å². The fraction of sp³-hybridized carbons (Fsp3) is 0.360. The maximum absolute atomic E-state index is 11.5. The zero-order valence-electron chi connectivity index (χ0n) is 17.3. The number of nitrogens with one attached hydrogen (secondary N) is 1. The van der Waals surface area contributed by atoms with E-state index in [9.17, 15) is 9.90 Å². The third-order valence-corrected chi connectivity index (χ3v) is 6.03. The summed E-state index contributed by atoms with van der Waals surface area (Å²) in [5.41, 5.74) is 3.38. The highest BCUT2D eigenvalue weighted by atomic mass is 16.5. The van der Waals surface area contributed by atoms with Gasteiger partial charge in [0, 0.05) is 11.1 Å². The number of rotatable bonds is 7. The van der Waals surface area contributed by atoms with Crippen molar-refractivity contribution in [1.82, 2.24) is 10.3 Å². The van der Waals surface area contributed by atoms with Crippen LogP contribution in [-0.2, 0) is 0 Å². The molecule has 5 nitrogen and oxygen atoms in total. The van der Waals surface area contributed by atoms with Gasteiger partial charge in [0.05, 0.1) is 17.7 Å². The normalized spacial score (nSPS) is 15.8. The van der Waals surface area contributed by atoms with Gasteiger partial charge in [0.1, 0.15) is 5.75 Å². The number of aryl methyl sites for hydroxylation is 1. The molecule has 0 radical (unpaired) electrons. The maximum atomic E-state index is 11.5. The monoisotopic (exact) mass is 404 g/mol. The molecule has 1 aromatic heterocycles. The Hall–Kier alpha value is -2.92. The molecule has 1 fully saturated rings. The van der Waals surface area contributed by atoms with Crippen molar-refractivity contribution in [2.24, 2.45) is 5.92 Å². The quantitative estimate of drug-likeness (QED) is 0.592. The minimum absolute atomic E-state index is 0.279. The van der Waals surface area contributed by atoms with Crippen LogP contribution in [0.15, 0.2) is 54.6 Å². The molecule has 2 heterocycles. The Morgan fingerprint density at radius 1 is 1.17 bits per heavy atom. The van der Waals surface area contributed by atoms with Crippen molar-refractivity contribution in [2.75, 3.05) is 19.7 Å². The number of pyridine rings is 1. The summed E-state index contributed by atoms with van der Waals surface area (Å²) in [5, 5.41) is 13.9. The lowest BCUT2D eigenvalue weighted by Gasteiger charge is -2.31. The zero-order chi connectivity index (χ0) is 20.9. The standard InChI is InChI=1S/C25H28N2O3/c1-17-8-9-22-23(27-17)6-3-7-24(22)30-15-12-21(18-10-13-26-14-11-18)19-4-2-5-20(16-19)25(28)29/h2-9,16,18,21,26H,10-15H2,1H3,(H,28,29). The predicted octanol–water partition coefficient (Wildman–Crippen LogP) is 4.79. The molecule has 4 rings (SSSR count). The first-order chi connectivity index (χ1) is 14.6. The molecule has 3 aromatic rings. The molecule has 2 aromatic carbocycles. The Kier molecular flexibility index (Phi) is 6.29. The molecule has 156 valence electrons. The molecule has 30 heavy (non-hydrogen) atoms. The summed E-state index contributed by atoms with van der Waals surface area (Å²) in [6.45, 7) is 4.59. The molecule has 0 bridgehead atoms. The lowest BCUT2D eigenvalue weighted by Crippen LogP contribution is -2.31. The first-order valence-electron chi connectivity index (χ1n) is 10.6. The summed E-state index contributed by atoms with van der Waals surface area (Å²) in [6, 6.07) is 17.4. The highest BCUT2D eigenvalue weighted by Crippen LogP contribution is 2.35. The average molecular weight is 405 g/mol. The molecule has 1 atom stereocenters. The minimum Gasteiger partial charge on any atom is -0.493 e. The van der Waals surface area contributed by atoms with E-state index in [0.29, 0.717) is 18.1 Å². The number of carbonyl (C=O) groups is 1. The fourth-order valence-electron chi connectivity index (χ4n) is 4.47. The first-order valence-corrected chi connectivity index (χ1v) is 10.6. The second-order valence-electron chi connectivity index (χ2n) is 8.04. The van der Waals surface area contributed by atoms with Gasteiger partial charge >= 0.3 is 5.97 Å². The van der Waals surface area contributed by atoms with E-state index in [-0.39, 0.29) is 5.92 Å². The number of ether oxygens (including phenoxy) is 1. The van der Waals surface area contributed by atoms with E-state index in [2.05, 4.69) is 22.4 Å². The van der Waals surface area contributed by atoms with Crippen molar-refractivity contribution in [3.8, 4) is 5.75 Å². The molecule has 1 saturated heterocycles. The van der Waals surface area contributed by atoms with Crippen molar-refractivity contribution < 1.29 is 14.6 Å². The summed E-state index contributed by atoms with van der Waals surface area (Å²) < 4.78 is 6.21. The smallest absolute Gasteiger partial charge is 0.335 e. The highest BCUT2D eigenvalue weighted by Gasteiger charge is 2.25. The second-order valence-corrected chi connectivity index (χ2v) is 8.04. The van der Waals surface area contributed by atoms with E-state index in [1.807, 2.05) is 43.3 Å². The summed E-state index contributed by atoms with van der Waals surface area (Å²) in [4.78, 5) is 16.0. The Labute approximate surface area is 177 Å². The van der Waals surface area contributed by atoms with E-state index in [0.717, 1.165) is 60.3 Å². The first kappa shape index (κ1) is 20.4. The molecule has 2 N–H and O–H groups in total. The average Bonchev–Trinajstić information content (AvgIpc) is 2.77. The van der Waals surface area contributed by atoms with E-state index < -0.39 is 5.97 Å². The Balaban J connectivity index is 1.53. The van der Waals surface area contributed by atoms with Crippen molar-refractivity contribution in [3.05, 3.63) is 71.4 Å². The Morgan fingerprint density at radius 2 is 1.97 bits per heavy atom. The van der Waals surface area contributed by atoms with Gasteiger partial charge in [-0.1, -0.05) is 18.2 Å². The molecule has 0 amide bonds. The number of hydrogen-bond donors (Lipinski definition) is 2. The topological polar surface area (TPSA) is 71.5 Å². The zero-order valence-corrected chi connectivity index (χ0v) is 17.3. The molecule has 0 saturated carbocycles. The minimum atomic E-state index is -0.879. The SMILES string of the molecule is Cc1ccc2c(OCCC(c3cccc(C(=O)O)c3)C3CCNCC3)cccc2n1. The molecule has 1 aliphatic rings. The highest BCUT2D eigenvalue weighted by molar-refractivity contribution is 5.87. The second kappa shape index (κ2) is 9.26. The molecule has 1 aliphatic heterocycles. The van der Waals surface area contributed by atoms with Crippen LogP contribution < -0.4 is 10.1 Å². The van der Waals surface area contributed by atoms with Gasteiger partial charge in [-0.2, -0.15) is 0 Å². The van der Waals surface area contributed by atoms with Gasteiger partial charge in [-0.3, -0.25) is 4.98 Å². The molecular formula is C25H28N2O3. The van der Waals surface area contributed by atoms with Gasteiger partial charge in [-0.15, -0.1) is 0 Å². The third kappa shape index (κ3) is 4.62. The summed E-state index contributed by atoms with van der Waals surface area (Å²) in [6.07, 6.45) is 3.04. The van der Waals surface area contributed by atoms with Crippen molar-refractivity contribution in [1.29, 1.82) is 0 Å². The third-order valence-electron chi connectivity index (χ3n) is 6.03. The summed E-state index contributed by atoms with van der Waals surface area (Å²) >= 11 is 0. The lowest BCUT2D eigenvalue weighted by atomic mass is 9.78. The molecule has 1 unspecified atom stereocenters. The van der Waals surface area contributed by atoms with Crippen LogP contribution in [0.4, 0.5) is 0 Å². The number of nitrogens with zero attached hydrogens (tertiary/aromatic N) is 1. The van der Waals surface area contributed by atoms with Gasteiger partial charge in [0.2, 0.25) is 0 Å². The summed E-state index contributed by atoms with van der Waals surface area (Å²) in [7, 11) is 0. The van der Waals surface area contributed by atoms with Crippen LogP contribution in [0.1, 0.15) is 46.8 Å². The number of hydrogen-bond acceptors (Lipinski definition) is 4. The van der Waals surface area contributed by atoms with Crippen LogP contribution in [0.3, 0.4) is 0 Å². The van der Waals surface area contributed by atoms with Gasteiger partial charge in [-0.25, -0.2) is 4.79 Å². The van der Waals surface area contributed by atoms with Crippen LogP contribution in [0, 0.1) is 12.8 Å². The number of carboxylic acids is 1. The largest absolute Gasteiger partial charge is 0.493 e. The van der Waals surface area contributed by atoms with Gasteiger partial charge in [-0.05, 0) is 93.1 Å². The molecular weight excluding hydrogens is 376 g/mol. The number of carboxylic acid groups (broad SMARTS) is 1. The fourth-order valence-corrected chi connectivity index (χ4v) is 4.47. The van der Waals surface area contributed by atoms with Gasteiger partial charge in [0.25, 0.3) is 0 Å². The van der Waals surface area contributed by atoms with Gasteiger partial charge in [0.15, 0.2) is 0 Å². The van der Waals surface area contributed by atoms with Crippen LogP contribution in [0.5, 0.6) is 5.75 Å². The van der Waals surface area contributed by atoms with Crippen LogP contribution in [0.2, 0.25) is 0 Å². The van der Waals surface area contributed by atoms with E-state index in [1.165, 1.54) is 0 Å². The summed E-state index contributed by atoms with van der Waals surface area (Å²) in [5.74, 6) is 0.775. The number of aromatic carboxylic acids is 1.